The molecule has 0 fully saturated rings. The fourth-order valence-electron chi connectivity index (χ4n) is 2.03. The summed E-state index contributed by atoms with van der Waals surface area (Å²) in [4.78, 5) is 16.5. The Bertz CT molecular complexity index is 797. The zero-order valence-corrected chi connectivity index (χ0v) is 12.3. The highest BCUT2D eigenvalue weighted by Gasteiger charge is 2.16. The molecule has 1 N–H and O–H groups in total. The molecular weight excluding hydrogens is 320 g/mol. The number of amides is 1. The number of para-hydroxylation sites is 1. The van der Waals surface area contributed by atoms with Crippen LogP contribution in [0.1, 0.15) is 10.5 Å². The van der Waals surface area contributed by atoms with Gasteiger partial charge in [0.2, 0.25) is 0 Å². The average Bonchev–Trinajstić information content (AvgIpc) is 2.77. The van der Waals surface area contributed by atoms with Crippen molar-refractivity contribution in [2.75, 3.05) is 5.32 Å². The van der Waals surface area contributed by atoms with Crippen LogP contribution in [0.4, 0.5) is 5.82 Å². The first-order valence-corrected chi connectivity index (χ1v) is 6.80. The van der Waals surface area contributed by atoms with Crippen molar-refractivity contribution in [1.29, 1.82) is 0 Å². The number of hydrogen-bond acceptors (Lipinski definition) is 3. The highest BCUT2D eigenvalue weighted by Crippen LogP contribution is 2.18. The van der Waals surface area contributed by atoms with Gasteiger partial charge in [-0.3, -0.25) is 9.48 Å². The highest BCUT2D eigenvalue weighted by atomic mass is 79.9. The summed E-state index contributed by atoms with van der Waals surface area (Å²) >= 11 is 3.27. The van der Waals surface area contributed by atoms with Crippen LogP contribution in [0.3, 0.4) is 0 Å². The number of rotatable bonds is 2. The molecule has 0 spiro atoms. The van der Waals surface area contributed by atoms with Crippen molar-refractivity contribution >= 4 is 38.6 Å². The second-order valence-corrected chi connectivity index (χ2v) is 5.10. The lowest BCUT2D eigenvalue weighted by molar-refractivity contribution is 0.102. The number of aromatic nitrogens is 3. The molecule has 0 saturated carbocycles. The molecule has 0 aliphatic heterocycles. The average molecular weight is 331 g/mol. The normalized spacial score (nSPS) is 10.7. The Morgan fingerprint density at radius 3 is 2.80 bits per heavy atom. The number of anilines is 1. The summed E-state index contributed by atoms with van der Waals surface area (Å²) in [6, 6.07) is 12.9. The van der Waals surface area contributed by atoms with Gasteiger partial charge >= 0.3 is 0 Å². The number of benzene rings is 1. The van der Waals surface area contributed by atoms with Crippen LogP contribution in [-0.4, -0.2) is 20.7 Å². The second-order valence-electron chi connectivity index (χ2n) is 4.29. The van der Waals surface area contributed by atoms with E-state index >= 15 is 0 Å². The highest BCUT2D eigenvalue weighted by molar-refractivity contribution is 9.10. The molecule has 100 valence electrons. The number of nitrogens with zero attached hydrogens (tertiary/aromatic N) is 3. The number of aryl methyl sites for hydroxylation is 1. The van der Waals surface area contributed by atoms with Crippen molar-refractivity contribution in [2.45, 2.75) is 0 Å². The standard InChI is InChI=1S/C14H11BrN4O/c1-19-10-6-3-2-5-9(10)13(18-19)14(20)17-12-8-4-7-11(15)16-12/h2-8H,1H3,(H,16,17,20). The molecule has 3 aromatic rings. The number of pyridine rings is 1. The Labute approximate surface area is 123 Å². The maximum atomic E-state index is 12.3. The number of fused-ring (bicyclic) bond motifs is 1. The molecule has 2 aromatic heterocycles. The van der Waals surface area contributed by atoms with Gasteiger partial charge in [0.25, 0.3) is 5.91 Å². The van der Waals surface area contributed by atoms with E-state index in [-0.39, 0.29) is 5.91 Å². The minimum Gasteiger partial charge on any atom is -0.305 e. The number of nitrogens with one attached hydrogen (secondary N) is 1. The Morgan fingerprint density at radius 2 is 2.00 bits per heavy atom. The van der Waals surface area contributed by atoms with Gasteiger partial charge in [-0.2, -0.15) is 5.10 Å². The van der Waals surface area contributed by atoms with Gasteiger partial charge in [0.05, 0.1) is 5.52 Å². The predicted molar refractivity (Wildman–Crippen MR) is 80.6 cm³/mol. The van der Waals surface area contributed by atoms with E-state index in [0.717, 1.165) is 10.9 Å². The topological polar surface area (TPSA) is 59.8 Å². The molecule has 6 heteroatoms. The molecule has 0 aliphatic carbocycles. The summed E-state index contributed by atoms with van der Waals surface area (Å²) in [5, 5.41) is 7.84. The van der Waals surface area contributed by atoms with Crippen molar-refractivity contribution in [3.05, 3.63) is 52.8 Å². The van der Waals surface area contributed by atoms with E-state index < -0.39 is 0 Å². The van der Waals surface area contributed by atoms with Crippen molar-refractivity contribution in [3.63, 3.8) is 0 Å². The van der Waals surface area contributed by atoms with E-state index in [9.17, 15) is 4.79 Å². The number of halogens is 1. The molecule has 0 aliphatic rings. The zero-order chi connectivity index (χ0) is 14.1. The Hall–Kier alpha value is -2.21. The van der Waals surface area contributed by atoms with Crippen LogP contribution in [0.2, 0.25) is 0 Å². The maximum absolute atomic E-state index is 12.3. The van der Waals surface area contributed by atoms with Gasteiger partial charge in [-0.05, 0) is 34.1 Å². The second kappa shape index (κ2) is 5.05. The third-order valence-corrected chi connectivity index (χ3v) is 3.37. The molecule has 3 rings (SSSR count). The van der Waals surface area contributed by atoms with Crippen LogP contribution < -0.4 is 5.32 Å². The van der Waals surface area contributed by atoms with E-state index in [2.05, 4.69) is 31.3 Å². The fraction of sp³-hybridized carbons (Fsp3) is 0.0714. The van der Waals surface area contributed by atoms with E-state index in [1.165, 1.54) is 0 Å². The smallest absolute Gasteiger partial charge is 0.277 e. The van der Waals surface area contributed by atoms with Gasteiger partial charge in [0.1, 0.15) is 10.4 Å². The quantitative estimate of drug-likeness (QED) is 0.735. The molecule has 0 bridgehead atoms. The first kappa shape index (κ1) is 12.8. The lowest BCUT2D eigenvalue weighted by Gasteiger charge is -2.02. The lowest BCUT2D eigenvalue weighted by atomic mass is 10.2. The maximum Gasteiger partial charge on any atom is 0.277 e. The molecule has 0 saturated heterocycles. The van der Waals surface area contributed by atoms with Crippen LogP contribution in [0.5, 0.6) is 0 Å². The zero-order valence-electron chi connectivity index (χ0n) is 10.7. The largest absolute Gasteiger partial charge is 0.305 e. The predicted octanol–water partition coefficient (Wildman–Crippen LogP) is 2.98. The van der Waals surface area contributed by atoms with Gasteiger partial charge in [-0.25, -0.2) is 4.98 Å². The SMILES string of the molecule is Cn1nc(C(=O)Nc2cccc(Br)n2)c2ccccc21. The third kappa shape index (κ3) is 2.30. The molecule has 0 radical (unpaired) electrons. The Balaban J connectivity index is 1.97. The number of carbonyl (C=O) groups excluding carboxylic acids is 1. The van der Waals surface area contributed by atoms with E-state index in [1.807, 2.05) is 37.4 Å². The third-order valence-electron chi connectivity index (χ3n) is 2.93. The summed E-state index contributed by atoms with van der Waals surface area (Å²) in [6.45, 7) is 0. The number of hydrogen-bond donors (Lipinski definition) is 1. The van der Waals surface area contributed by atoms with Crippen LogP contribution in [0, 0.1) is 0 Å². The minimum absolute atomic E-state index is 0.271. The molecule has 0 atom stereocenters. The van der Waals surface area contributed by atoms with Crippen molar-refractivity contribution < 1.29 is 4.79 Å². The molecule has 2 heterocycles. The van der Waals surface area contributed by atoms with Crippen molar-refractivity contribution in [1.82, 2.24) is 14.8 Å². The van der Waals surface area contributed by atoms with E-state index in [0.29, 0.717) is 16.1 Å². The van der Waals surface area contributed by atoms with Crippen molar-refractivity contribution in [3.8, 4) is 0 Å². The molecule has 5 nitrogen and oxygen atoms in total. The van der Waals surface area contributed by atoms with Gasteiger partial charge in [0.15, 0.2) is 5.69 Å². The van der Waals surface area contributed by atoms with Crippen LogP contribution in [-0.2, 0) is 7.05 Å². The summed E-state index contributed by atoms with van der Waals surface area (Å²) in [5.41, 5.74) is 1.31. The number of carbonyl (C=O) groups is 1. The van der Waals surface area contributed by atoms with Gasteiger partial charge in [0, 0.05) is 12.4 Å². The van der Waals surface area contributed by atoms with Crippen LogP contribution in [0.15, 0.2) is 47.1 Å². The summed E-state index contributed by atoms with van der Waals surface area (Å²) in [7, 11) is 1.82. The first-order chi connectivity index (χ1) is 9.65. The summed E-state index contributed by atoms with van der Waals surface area (Å²) < 4.78 is 2.36. The first-order valence-electron chi connectivity index (χ1n) is 6.01. The Kier molecular flexibility index (Phi) is 3.23. The molecule has 1 aromatic carbocycles. The van der Waals surface area contributed by atoms with Crippen LogP contribution in [0.25, 0.3) is 10.9 Å². The molecular formula is C14H11BrN4O. The van der Waals surface area contributed by atoms with E-state index in [4.69, 9.17) is 0 Å². The minimum atomic E-state index is -0.271. The molecule has 20 heavy (non-hydrogen) atoms. The van der Waals surface area contributed by atoms with Gasteiger partial charge in [-0.15, -0.1) is 0 Å². The van der Waals surface area contributed by atoms with Gasteiger partial charge in [-0.1, -0.05) is 24.3 Å². The van der Waals surface area contributed by atoms with Crippen molar-refractivity contribution in [2.24, 2.45) is 7.05 Å². The lowest BCUT2D eigenvalue weighted by Crippen LogP contribution is -2.14. The van der Waals surface area contributed by atoms with Gasteiger partial charge < -0.3 is 5.32 Å². The monoisotopic (exact) mass is 330 g/mol. The van der Waals surface area contributed by atoms with Crippen LogP contribution >= 0.6 is 15.9 Å². The molecule has 1 amide bonds. The fourth-order valence-corrected chi connectivity index (χ4v) is 2.38. The summed E-state index contributed by atoms with van der Waals surface area (Å²) in [5.74, 6) is 0.214. The Morgan fingerprint density at radius 1 is 1.20 bits per heavy atom. The summed E-state index contributed by atoms with van der Waals surface area (Å²) in [6.07, 6.45) is 0. The van der Waals surface area contributed by atoms with E-state index in [1.54, 1.807) is 16.8 Å². The molecule has 0 unspecified atom stereocenters.